The Bertz CT molecular complexity index is 877. The van der Waals surface area contributed by atoms with Crippen LogP contribution in [0.1, 0.15) is 5.56 Å². The standard InChI is InChI=1S/C16H10F3N3OS/c17-16(18,19)11-4-2-5-12(8-11)20-15-21-14(9-24-15)10-3-1-6-13(7-10)22-23/h1-9H,(H,20,21). The van der Waals surface area contributed by atoms with Gasteiger partial charge >= 0.3 is 6.18 Å². The summed E-state index contributed by atoms with van der Waals surface area (Å²) in [6.45, 7) is 0. The Hall–Kier alpha value is -2.74. The lowest BCUT2D eigenvalue weighted by atomic mass is 10.1. The van der Waals surface area contributed by atoms with Crippen LogP contribution in [0.3, 0.4) is 0 Å². The molecule has 2 aromatic carbocycles. The molecule has 8 heteroatoms. The highest BCUT2D eigenvalue weighted by Gasteiger charge is 2.30. The molecule has 0 fully saturated rings. The average Bonchev–Trinajstić information content (AvgIpc) is 3.03. The molecule has 4 nitrogen and oxygen atoms in total. The molecule has 122 valence electrons. The van der Waals surface area contributed by atoms with Crippen molar-refractivity contribution in [3.63, 3.8) is 0 Å². The molecule has 0 aliphatic heterocycles. The summed E-state index contributed by atoms with van der Waals surface area (Å²) in [7, 11) is 0. The van der Waals surface area contributed by atoms with Crippen molar-refractivity contribution in [2.75, 3.05) is 5.32 Å². The molecule has 1 heterocycles. The van der Waals surface area contributed by atoms with E-state index in [-0.39, 0.29) is 5.69 Å². The first-order valence-electron chi connectivity index (χ1n) is 6.79. The lowest BCUT2D eigenvalue weighted by Crippen LogP contribution is -2.05. The quantitative estimate of drug-likeness (QED) is 0.590. The predicted octanol–water partition coefficient (Wildman–Crippen LogP) is 5.97. The largest absolute Gasteiger partial charge is 0.416 e. The van der Waals surface area contributed by atoms with E-state index in [4.69, 9.17) is 0 Å². The number of halogens is 3. The smallest absolute Gasteiger partial charge is 0.332 e. The van der Waals surface area contributed by atoms with Crippen LogP contribution in [0, 0.1) is 4.91 Å². The first-order valence-corrected chi connectivity index (χ1v) is 7.67. The average molecular weight is 349 g/mol. The fraction of sp³-hybridized carbons (Fsp3) is 0.0625. The van der Waals surface area contributed by atoms with Gasteiger partial charge in [0.05, 0.1) is 11.3 Å². The SMILES string of the molecule is O=Nc1cccc(-c2csc(Nc3cccc(C(F)(F)F)c3)n2)c1. The molecule has 0 spiro atoms. The van der Waals surface area contributed by atoms with Crippen LogP contribution in [0.4, 0.5) is 29.7 Å². The third-order valence-electron chi connectivity index (χ3n) is 3.19. The second-order valence-electron chi connectivity index (χ2n) is 4.88. The van der Waals surface area contributed by atoms with Crippen LogP contribution in [0.2, 0.25) is 0 Å². The number of nitrogens with one attached hydrogen (secondary N) is 1. The number of rotatable bonds is 4. The first-order chi connectivity index (χ1) is 11.5. The van der Waals surface area contributed by atoms with Gasteiger partial charge in [0.1, 0.15) is 5.69 Å². The Kier molecular flexibility index (Phi) is 4.30. The van der Waals surface area contributed by atoms with E-state index in [1.165, 1.54) is 23.5 Å². The lowest BCUT2D eigenvalue weighted by molar-refractivity contribution is -0.137. The number of anilines is 2. The van der Waals surface area contributed by atoms with Gasteiger partial charge in [-0.25, -0.2) is 4.98 Å². The Morgan fingerprint density at radius 1 is 1.08 bits per heavy atom. The molecule has 3 aromatic rings. The normalized spacial score (nSPS) is 11.3. The van der Waals surface area contributed by atoms with Gasteiger partial charge in [0.15, 0.2) is 5.13 Å². The summed E-state index contributed by atoms with van der Waals surface area (Å²) in [5, 5.41) is 7.93. The zero-order valence-corrected chi connectivity index (χ0v) is 12.9. The van der Waals surface area contributed by atoms with Crippen molar-refractivity contribution in [3.8, 4) is 11.3 Å². The van der Waals surface area contributed by atoms with Gasteiger partial charge in [0.2, 0.25) is 0 Å². The van der Waals surface area contributed by atoms with Crippen LogP contribution in [-0.2, 0) is 6.18 Å². The molecular weight excluding hydrogens is 339 g/mol. The van der Waals surface area contributed by atoms with Gasteiger partial charge < -0.3 is 5.32 Å². The highest BCUT2D eigenvalue weighted by molar-refractivity contribution is 7.14. The summed E-state index contributed by atoms with van der Waals surface area (Å²) in [5.41, 5.74) is 1.18. The zero-order valence-electron chi connectivity index (χ0n) is 12.0. The minimum atomic E-state index is -4.39. The van der Waals surface area contributed by atoms with Crippen LogP contribution >= 0.6 is 11.3 Å². The van der Waals surface area contributed by atoms with Gasteiger partial charge in [-0.3, -0.25) is 0 Å². The second-order valence-corrected chi connectivity index (χ2v) is 5.74. The Morgan fingerprint density at radius 2 is 1.88 bits per heavy atom. The van der Waals surface area contributed by atoms with E-state index in [9.17, 15) is 18.1 Å². The molecule has 0 saturated heterocycles. The zero-order chi connectivity index (χ0) is 17.2. The molecule has 0 amide bonds. The topological polar surface area (TPSA) is 54.4 Å². The summed E-state index contributed by atoms with van der Waals surface area (Å²) in [4.78, 5) is 14.9. The minimum Gasteiger partial charge on any atom is -0.332 e. The lowest BCUT2D eigenvalue weighted by Gasteiger charge is -2.08. The molecule has 24 heavy (non-hydrogen) atoms. The van der Waals surface area contributed by atoms with E-state index in [0.29, 0.717) is 22.1 Å². The molecule has 0 saturated carbocycles. The van der Waals surface area contributed by atoms with Crippen LogP contribution in [-0.4, -0.2) is 4.98 Å². The number of nitrogens with zero attached hydrogens (tertiary/aromatic N) is 2. The summed E-state index contributed by atoms with van der Waals surface area (Å²) >= 11 is 1.25. The third-order valence-corrected chi connectivity index (χ3v) is 3.95. The van der Waals surface area contributed by atoms with E-state index in [0.717, 1.165) is 12.1 Å². The van der Waals surface area contributed by atoms with Gasteiger partial charge in [-0.1, -0.05) is 18.2 Å². The van der Waals surface area contributed by atoms with E-state index in [2.05, 4.69) is 15.5 Å². The summed E-state index contributed by atoms with van der Waals surface area (Å²) in [6.07, 6.45) is -4.39. The number of aromatic nitrogens is 1. The summed E-state index contributed by atoms with van der Waals surface area (Å²) in [6, 6.07) is 11.5. The second kappa shape index (κ2) is 6.40. The van der Waals surface area contributed by atoms with Crippen molar-refractivity contribution in [2.45, 2.75) is 6.18 Å². The molecule has 0 bridgehead atoms. The van der Waals surface area contributed by atoms with Crippen molar-refractivity contribution in [2.24, 2.45) is 5.18 Å². The summed E-state index contributed by atoms with van der Waals surface area (Å²) < 4.78 is 38.2. The molecule has 1 N–H and O–H groups in total. The molecule has 0 aliphatic carbocycles. The first kappa shape index (κ1) is 16.1. The van der Waals surface area contributed by atoms with Crippen LogP contribution in [0.15, 0.2) is 59.1 Å². The van der Waals surface area contributed by atoms with Crippen LogP contribution in [0.25, 0.3) is 11.3 Å². The number of hydrogen-bond donors (Lipinski definition) is 1. The van der Waals surface area contributed by atoms with Gasteiger partial charge in [-0.15, -0.1) is 16.2 Å². The number of nitroso groups, excluding NO2 is 1. The van der Waals surface area contributed by atoms with Crippen LogP contribution in [0.5, 0.6) is 0 Å². The third kappa shape index (κ3) is 3.60. The fourth-order valence-electron chi connectivity index (χ4n) is 2.08. The highest BCUT2D eigenvalue weighted by atomic mass is 32.1. The van der Waals surface area contributed by atoms with Crippen molar-refractivity contribution in [1.29, 1.82) is 0 Å². The predicted molar refractivity (Wildman–Crippen MR) is 87.7 cm³/mol. The molecular formula is C16H10F3N3OS. The van der Waals surface area contributed by atoms with E-state index >= 15 is 0 Å². The monoisotopic (exact) mass is 349 g/mol. The maximum absolute atomic E-state index is 12.7. The Balaban J connectivity index is 1.83. The van der Waals surface area contributed by atoms with Gasteiger partial charge in [0.25, 0.3) is 0 Å². The summed E-state index contributed by atoms with van der Waals surface area (Å²) in [5.74, 6) is 0. The van der Waals surface area contributed by atoms with Crippen molar-refractivity contribution in [1.82, 2.24) is 4.98 Å². The molecule has 3 rings (SSSR count). The van der Waals surface area contributed by atoms with Crippen molar-refractivity contribution >= 4 is 27.8 Å². The fourth-order valence-corrected chi connectivity index (χ4v) is 2.82. The van der Waals surface area contributed by atoms with Gasteiger partial charge in [-0.2, -0.15) is 13.2 Å². The molecule has 0 radical (unpaired) electrons. The number of hydrogen-bond acceptors (Lipinski definition) is 5. The molecule has 0 aliphatic rings. The Morgan fingerprint density at radius 3 is 2.62 bits per heavy atom. The van der Waals surface area contributed by atoms with E-state index in [1.807, 2.05) is 0 Å². The molecule has 0 unspecified atom stereocenters. The van der Waals surface area contributed by atoms with Gasteiger partial charge in [0, 0.05) is 16.6 Å². The molecule has 0 atom stereocenters. The van der Waals surface area contributed by atoms with Gasteiger partial charge in [-0.05, 0) is 35.5 Å². The van der Waals surface area contributed by atoms with Crippen molar-refractivity contribution in [3.05, 3.63) is 64.4 Å². The number of thiazole rings is 1. The molecule has 1 aromatic heterocycles. The van der Waals surface area contributed by atoms with Crippen LogP contribution < -0.4 is 5.32 Å². The highest BCUT2D eigenvalue weighted by Crippen LogP contribution is 2.33. The maximum Gasteiger partial charge on any atom is 0.416 e. The number of benzene rings is 2. The minimum absolute atomic E-state index is 0.285. The van der Waals surface area contributed by atoms with E-state index < -0.39 is 11.7 Å². The van der Waals surface area contributed by atoms with Crippen molar-refractivity contribution < 1.29 is 13.2 Å². The number of alkyl halides is 3. The maximum atomic E-state index is 12.7. The van der Waals surface area contributed by atoms with E-state index in [1.54, 1.807) is 29.6 Å². The Labute approximate surface area is 139 Å².